The molecule has 0 spiro atoms. The van der Waals surface area contributed by atoms with Crippen LogP contribution in [0.1, 0.15) is 18.7 Å². The summed E-state index contributed by atoms with van der Waals surface area (Å²) in [6.45, 7) is 1.96. The average Bonchev–Trinajstić information content (AvgIpc) is 2.47. The van der Waals surface area contributed by atoms with Crippen LogP contribution in [0.15, 0.2) is 18.2 Å². The van der Waals surface area contributed by atoms with Crippen LogP contribution in [0.2, 0.25) is 0 Å². The first kappa shape index (κ1) is 16.8. The van der Waals surface area contributed by atoms with E-state index in [1.807, 2.05) is 18.2 Å². The Morgan fingerprint density at radius 1 is 1.27 bits per heavy atom. The second-order valence-corrected chi connectivity index (χ2v) is 8.77. The van der Waals surface area contributed by atoms with E-state index in [1.165, 1.54) is 0 Å². The first-order valence-corrected chi connectivity index (χ1v) is 9.16. The fourth-order valence-corrected chi connectivity index (χ4v) is 3.25. The van der Waals surface area contributed by atoms with Crippen molar-refractivity contribution in [2.75, 3.05) is 18.4 Å². The van der Waals surface area contributed by atoms with E-state index in [1.54, 1.807) is 0 Å². The van der Waals surface area contributed by atoms with Gasteiger partial charge in [0.1, 0.15) is 5.82 Å². The normalized spacial score (nSPS) is 19.4. The minimum absolute atomic E-state index is 0.192. The van der Waals surface area contributed by atoms with E-state index in [-0.39, 0.29) is 5.82 Å². The smallest absolute Gasteiger partial charge is 0.250 e. The number of rotatable bonds is 2. The first-order valence-electron chi connectivity index (χ1n) is 6.95. The summed E-state index contributed by atoms with van der Waals surface area (Å²) in [5.74, 6) is 0.913. The molecule has 0 bridgehead atoms. The molecule has 0 saturated carbocycles. The number of hydrogen-bond acceptors (Lipinski definition) is 4. The molecule has 4 nitrogen and oxygen atoms in total. The molecule has 3 rings (SSSR count). The molecule has 22 heavy (non-hydrogen) atoms. The van der Waals surface area contributed by atoms with Crippen LogP contribution in [0.5, 0.6) is 0 Å². The minimum atomic E-state index is -1.64. The fourth-order valence-electron chi connectivity index (χ4n) is 2.51. The summed E-state index contributed by atoms with van der Waals surface area (Å²) in [5, 5.41) is 7.78. The zero-order chi connectivity index (χ0) is 15.7. The van der Waals surface area contributed by atoms with Gasteiger partial charge in [0, 0.05) is 21.5 Å². The van der Waals surface area contributed by atoms with Gasteiger partial charge in [-0.1, -0.05) is 34.8 Å². The van der Waals surface area contributed by atoms with Gasteiger partial charge in [-0.25, -0.2) is 9.97 Å². The third-order valence-corrected chi connectivity index (χ3v) is 4.73. The summed E-state index contributed by atoms with van der Waals surface area (Å²) in [6.07, 6.45) is 2.22. The number of hydrogen-bond donors (Lipinski definition) is 2. The molecular formula is C14H14Cl3IN4. The van der Waals surface area contributed by atoms with Crippen molar-refractivity contribution in [3.63, 3.8) is 0 Å². The van der Waals surface area contributed by atoms with Crippen molar-refractivity contribution in [1.82, 2.24) is 15.3 Å². The molecule has 0 aliphatic carbocycles. The van der Waals surface area contributed by atoms with Crippen LogP contribution < -0.4 is 10.6 Å². The molecule has 1 aromatic carbocycles. The highest BCUT2D eigenvalue weighted by Crippen LogP contribution is 2.38. The van der Waals surface area contributed by atoms with Crippen LogP contribution in [0.25, 0.3) is 10.9 Å². The number of fused-ring (bicyclic) bond motifs is 1. The van der Waals surface area contributed by atoms with Gasteiger partial charge >= 0.3 is 0 Å². The second-order valence-electron chi connectivity index (χ2n) is 5.24. The van der Waals surface area contributed by atoms with E-state index in [4.69, 9.17) is 34.8 Å². The fraction of sp³-hybridized carbons (Fsp3) is 0.429. The van der Waals surface area contributed by atoms with Crippen LogP contribution in [0.3, 0.4) is 0 Å². The van der Waals surface area contributed by atoms with E-state index in [9.17, 15) is 0 Å². The standard InChI is InChI=1S/C14H14Cl3IN4/c15-14(16,17)13-21-11-4-3-8(18)6-10(11)12(22-13)20-9-2-1-5-19-7-9/h3-4,6,9,19H,1-2,5,7H2,(H,20,21,22). The molecule has 1 saturated heterocycles. The maximum Gasteiger partial charge on any atom is 0.250 e. The van der Waals surface area contributed by atoms with Crippen LogP contribution in [-0.2, 0) is 3.79 Å². The highest BCUT2D eigenvalue weighted by Gasteiger charge is 2.28. The predicted molar refractivity (Wildman–Crippen MR) is 101 cm³/mol. The number of benzene rings is 1. The van der Waals surface area contributed by atoms with Crippen molar-refractivity contribution in [3.8, 4) is 0 Å². The van der Waals surface area contributed by atoms with E-state index in [0.717, 1.165) is 46.2 Å². The first-order chi connectivity index (χ1) is 10.4. The van der Waals surface area contributed by atoms with Gasteiger partial charge < -0.3 is 10.6 Å². The van der Waals surface area contributed by atoms with Gasteiger partial charge in [0.15, 0.2) is 5.82 Å². The summed E-state index contributed by atoms with van der Waals surface area (Å²) < 4.78 is -0.529. The van der Waals surface area contributed by atoms with Crippen molar-refractivity contribution in [1.29, 1.82) is 0 Å². The van der Waals surface area contributed by atoms with Crippen molar-refractivity contribution >= 4 is 74.1 Å². The van der Waals surface area contributed by atoms with E-state index >= 15 is 0 Å². The van der Waals surface area contributed by atoms with Gasteiger partial charge in [0.05, 0.1) is 5.52 Å². The lowest BCUT2D eigenvalue weighted by Crippen LogP contribution is -2.38. The third-order valence-electron chi connectivity index (χ3n) is 3.55. The molecule has 1 aliphatic heterocycles. The number of alkyl halides is 3. The van der Waals surface area contributed by atoms with E-state index in [0.29, 0.717) is 6.04 Å². The quantitative estimate of drug-likeness (QED) is 0.509. The van der Waals surface area contributed by atoms with Gasteiger partial charge in [-0.15, -0.1) is 0 Å². The van der Waals surface area contributed by atoms with E-state index < -0.39 is 3.79 Å². The van der Waals surface area contributed by atoms with Gasteiger partial charge in [0.2, 0.25) is 3.79 Å². The lowest BCUT2D eigenvalue weighted by Gasteiger charge is -2.25. The molecule has 2 heterocycles. The Morgan fingerprint density at radius 3 is 2.77 bits per heavy atom. The van der Waals surface area contributed by atoms with Crippen LogP contribution in [0.4, 0.5) is 5.82 Å². The summed E-state index contributed by atoms with van der Waals surface area (Å²) in [7, 11) is 0. The Kier molecular flexibility index (Phi) is 5.19. The maximum atomic E-state index is 5.97. The number of nitrogens with zero attached hydrogens (tertiary/aromatic N) is 2. The average molecular weight is 472 g/mol. The van der Waals surface area contributed by atoms with Crippen molar-refractivity contribution < 1.29 is 0 Å². The molecular weight excluding hydrogens is 457 g/mol. The Balaban J connectivity index is 2.05. The number of nitrogens with one attached hydrogen (secondary N) is 2. The van der Waals surface area contributed by atoms with Gasteiger partial charge in [-0.2, -0.15) is 0 Å². The molecule has 1 aromatic heterocycles. The Morgan fingerprint density at radius 2 is 2.09 bits per heavy atom. The molecule has 118 valence electrons. The predicted octanol–water partition coefficient (Wildman–Crippen LogP) is 4.23. The van der Waals surface area contributed by atoms with Crippen LogP contribution >= 0.6 is 57.4 Å². The van der Waals surface area contributed by atoms with Gasteiger partial charge in [0.25, 0.3) is 0 Å². The molecule has 0 amide bonds. The molecule has 1 unspecified atom stereocenters. The SMILES string of the molecule is ClC(Cl)(Cl)c1nc(NC2CCCNC2)c2cc(I)ccc2n1. The lowest BCUT2D eigenvalue weighted by atomic mass is 10.1. The molecule has 2 aromatic rings. The second kappa shape index (κ2) is 6.81. The number of aromatic nitrogens is 2. The van der Waals surface area contributed by atoms with Gasteiger partial charge in [-0.05, 0) is 60.2 Å². The molecule has 1 aliphatic rings. The molecule has 8 heteroatoms. The zero-order valence-electron chi connectivity index (χ0n) is 11.5. The summed E-state index contributed by atoms with van der Waals surface area (Å²) in [5.41, 5.74) is 0.767. The van der Waals surface area contributed by atoms with E-state index in [2.05, 4.69) is 43.2 Å². The molecule has 1 atom stereocenters. The van der Waals surface area contributed by atoms with Crippen molar-refractivity contribution in [2.45, 2.75) is 22.7 Å². The molecule has 2 N–H and O–H groups in total. The maximum absolute atomic E-state index is 5.97. The Labute approximate surface area is 157 Å². The Bertz CT molecular complexity index is 684. The minimum Gasteiger partial charge on any atom is -0.365 e. The summed E-state index contributed by atoms with van der Waals surface area (Å²) in [4.78, 5) is 8.83. The Hall–Kier alpha value is -0.0800. The number of piperidine rings is 1. The topological polar surface area (TPSA) is 49.8 Å². The third kappa shape index (κ3) is 3.87. The molecule has 1 fully saturated rings. The van der Waals surface area contributed by atoms with Crippen LogP contribution in [0, 0.1) is 3.57 Å². The number of anilines is 1. The lowest BCUT2D eigenvalue weighted by molar-refractivity contribution is 0.479. The highest BCUT2D eigenvalue weighted by atomic mass is 127. The highest BCUT2D eigenvalue weighted by molar-refractivity contribution is 14.1. The molecule has 0 radical (unpaired) electrons. The largest absolute Gasteiger partial charge is 0.365 e. The monoisotopic (exact) mass is 470 g/mol. The van der Waals surface area contributed by atoms with Crippen molar-refractivity contribution in [3.05, 3.63) is 27.6 Å². The van der Waals surface area contributed by atoms with Crippen LogP contribution in [-0.4, -0.2) is 29.1 Å². The van der Waals surface area contributed by atoms with Crippen molar-refractivity contribution in [2.24, 2.45) is 0 Å². The summed E-state index contributed by atoms with van der Waals surface area (Å²) in [6, 6.07) is 6.25. The summed E-state index contributed by atoms with van der Waals surface area (Å²) >= 11 is 20.2. The number of halogens is 4. The zero-order valence-corrected chi connectivity index (χ0v) is 16.0. The van der Waals surface area contributed by atoms with Gasteiger partial charge in [-0.3, -0.25) is 0 Å².